The number of ether oxygens (including phenoxy) is 1. The standard InChI is InChI=1S/C13H17ClN2O/c14-11-4-2-1-3-9(11)13(16-15)10-7-8-5-6-12(10)17-8/h1-4,8,10,12-13,16H,5-7,15H2. The fourth-order valence-corrected chi connectivity index (χ4v) is 3.45. The van der Waals surface area contributed by atoms with Crippen LogP contribution in [0, 0.1) is 5.92 Å². The predicted molar refractivity (Wildman–Crippen MR) is 67.5 cm³/mol. The molecule has 4 heteroatoms. The average Bonchev–Trinajstić information content (AvgIpc) is 2.95. The molecule has 3 rings (SSSR count). The second-order valence-corrected chi connectivity index (χ2v) is 5.35. The van der Waals surface area contributed by atoms with Gasteiger partial charge < -0.3 is 4.74 Å². The molecule has 4 unspecified atom stereocenters. The second kappa shape index (κ2) is 4.58. The lowest BCUT2D eigenvalue weighted by Crippen LogP contribution is -2.37. The lowest BCUT2D eigenvalue weighted by Gasteiger charge is -2.28. The minimum atomic E-state index is 0.0963. The number of rotatable bonds is 3. The summed E-state index contributed by atoms with van der Waals surface area (Å²) in [5, 5.41) is 0.776. The lowest BCUT2D eigenvalue weighted by atomic mass is 9.81. The van der Waals surface area contributed by atoms with E-state index in [9.17, 15) is 0 Å². The van der Waals surface area contributed by atoms with Gasteiger partial charge in [0, 0.05) is 10.9 Å². The molecule has 1 aromatic rings. The summed E-state index contributed by atoms with van der Waals surface area (Å²) in [6.07, 6.45) is 4.21. The van der Waals surface area contributed by atoms with Crippen molar-refractivity contribution in [2.24, 2.45) is 11.8 Å². The second-order valence-electron chi connectivity index (χ2n) is 4.94. The SMILES string of the molecule is NNC(c1ccccc1Cl)C1CC2CCC1O2. The Morgan fingerprint density at radius 1 is 1.35 bits per heavy atom. The maximum absolute atomic E-state index is 6.24. The molecule has 3 N–H and O–H groups in total. The van der Waals surface area contributed by atoms with E-state index in [1.54, 1.807) is 0 Å². The van der Waals surface area contributed by atoms with Gasteiger partial charge in [-0.3, -0.25) is 11.3 Å². The molecule has 2 aliphatic rings. The molecule has 0 aliphatic carbocycles. The minimum absolute atomic E-state index is 0.0963. The Balaban J connectivity index is 1.87. The number of hydrazine groups is 1. The molecule has 3 nitrogen and oxygen atoms in total. The molecule has 0 aromatic heterocycles. The van der Waals surface area contributed by atoms with Gasteiger partial charge in [0.1, 0.15) is 0 Å². The van der Waals surface area contributed by atoms with Crippen molar-refractivity contribution in [3.63, 3.8) is 0 Å². The van der Waals surface area contributed by atoms with Gasteiger partial charge in [-0.15, -0.1) is 0 Å². The zero-order valence-electron chi connectivity index (χ0n) is 9.60. The predicted octanol–water partition coefficient (Wildman–Crippen LogP) is 2.41. The highest BCUT2D eigenvalue weighted by Crippen LogP contribution is 2.45. The summed E-state index contributed by atoms with van der Waals surface area (Å²) in [7, 11) is 0. The van der Waals surface area contributed by atoms with Gasteiger partial charge in [0.25, 0.3) is 0 Å². The minimum Gasteiger partial charge on any atom is -0.375 e. The van der Waals surface area contributed by atoms with Crippen LogP contribution in [-0.4, -0.2) is 12.2 Å². The van der Waals surface area contributed by atoms with Gasteiger partial charge in [-0.05, 0) is 30.9 Å². The Morgan fingerprint density at radius 2 is 2.18 bits per heavy atom. The van der Waals surface area contributed by atoms with Gasteiger partial charge in [-0.1, -0.05) is 29.8 Å². The van der Waals surface area contributed by atoms with Gasteiger partial charge >= 0.3 is 0 Å². The van der Waals surface area contributed by atoms with Gasteiger partial charge in [0.15, 0.2) is 0 Å². The molecule has 17 heavy (non-hydrogen) atoms. The van der Waals surface area contributed by atoms with E-state index in [0.29, 0.717) is 18.1 Å². The van der Waals surface area contributed by atoms with Gasteiger partial charge in [-0.25, -0.2) is 0 Å². The van der Waals surface area contributed by atoms with Crippen LogP contribution in [0.5, 0.6) is 0 Å². The normalized spacial score (nSPS) is 32.9. The molecular formula is C13H17ClN2O. The first-order chi connectivity index (χ1) is 8.29. The molecule has 4 atom stereocenters. The molecule has 92 valence electrons. The third-order valence-electron chi connectivity index (χ3n) is 4.00. The van der Waals surface area contributed by atoms with Crippen molar-refractivity contribution in [3.8, 4) is 0 Å². The van der Waals surface area contributed by atoms with Crippen LogP contribution in [0.1, 0.15) is 30.9 Å². The summed E-state index contributed by atoms with van der Waals surface area (Å²) >= 11 is 6.24. The van der Waals surface area contributed by atoms with Crippen LogP contribution in [0.3, 0.4) is 0 Å². The fraction of sp³-hybridized carbons (Fsp3) is 0.538. The topological polar surface area (TPSA) is 47.3 Å². The van der Waals surface area contributed by atoms with Gasteiger partial charge in [0.2, 0.25) is 0 Å². The first-order valence-electron chi connectivity index (χ1n) is 6.15. The molecule has 2 saturated heterocycles. The summed E-state index contributed by atoms with van der Waals surface area (Å²) in [6, 6.07) is 7.99. The molecule has 1 aromatic carbocycles. The van der Waals surface area contributed by atoms with Crippen molar-refractivity contribution in [2.45, 2.75) is 37.5 Å². The highest BCUT2D eigenvalue weighted by atomic mass is 35.5. The molecule has 0 radical (unpaired) electrons. The van der Waals surface area contributed by atoms with Crippen molar-refractivity contribution < 1.29 is 4.74 Å². The Hall–Kier alpha value is -0.610. The number of fused-ring (bicyclic) bond motifs is 2. The van der Waals surface area contributed by atoms with E-state index in [-0.39, 0.29) is 6.04 Å². The van der Waals surface area contributed by atoms with Crippen LogP contribution in [-0.2, 0) is 4.74 Å². The van der Waals surface area contributed by atoms with Crippen LogP contribution in [0.4, 0.5) is 0 Å². The van der Waals surface area contributed by atoms with Crippen LogP contribution >= 0.6 is 11.6 Å². The van der Waals surface area contributed by atoms with Crippen molar-refractivity contribution in [3.05, 3.63) is 34.9 Å². The summed E-state index contributed by atoms with van der Waals surface area (Å²) in [4.78, 5) is 0. The van der Waals surface area contributed by atoms with Gasteiger partial charge in [0.05, 0.1) is 18.2 Å². The van der Waals surface area contributed by atoms with E-state index in [4.69, 9.17) is 22.2 Å². The van der Waals surface area contributed by atoms with E-state index in [1.165, 1.54) is 6.42 Å². The lowest BCUT2D eigenvalue weighted by molar-refractivity contribution is 0.0857. The number of nitrogens with one attached hydrogen (secondary N) is 1. The Kier molecular flexibility index (Phi) is 3.09. The maximum atomic E-state index is 6.24. The molecule has 2 aliphatic heterocycles. The number of benzene rings is 1. The third kappa shape index (κ3) is 1.97. The quantitative estimate of drug-likeness (QED) is 0.642. The first-order valence-corrected chi connectivity index (χ1v) is 6.53. The summed E-state index contributed by atoms with van der Waals surface area (Å²) in [5.74, 6) is 6.16. The van der Waals surface area contributed by atoms with Crippen LogP contribution < -0.4 is 11.3 Å². The monoisotopic (exact) mass is 252 g/mol. The number of halogens is 1. The Labute approximate surface area is 106 Å². The third-order valence-corrected chi connectivity index (χ3v) is 4.35. The van der Waals surface area contributed by atoms with E-state index in [2.05, 4.69) is 5.43 Å². The highest BCUT2D eigenvalue weighted by molar-refractivity contribution is 6.31. The zero-order valence-corrected chi connectivity index (χ0v) is 10.4. The first kappa shape index (κ1) is 11.5. The van der Waals surface area contributed by atoms with E-state index < -0.39 is 0 Å². The molecule has 0 saturated carbocycles. The zero-order chi connectivity index (χ0) is 11.8. The van der Waals surface area contributed by atoms with E-state index in [1.807, 2.05) is 24.3 Å². The van der Waals surface area contributed by atoms with E-state index in [0.717, 1.165) is 23.4 Å². The number of hydrogen-bond acceptors (Lipinski definition) is 3. The summed E-state index contributed by atoms with van der Waals surface area (Å²) in [5.41, 5.74) is 4.00. The maximum Gasteiger partial charge on any atom is 0.0627 e. The number of nitrogens with two attached hydrogens (primary N) is 1. The number of hydrogen-bond donors (Lipinski definition) is 2. The molecular weight excluding hydrogens is 236 g/mol. The highest BCUT2D eigenvalue weighted by Gasteiger charge is 2.44. The molecule has 2 heterocycles. The fourth-order valence-electron chi connectivity index (χ4n) is 3.20. The largest absolute Gasteiger partial charge is 0.375 e. The average molecular weight is 253 g/mol. The van der Waals surface area contributed by atoms with Crippen LogP contribution in [0.15, 0.2) is 24.3 Å². The van der Waals surface area contributed by atoms with Crippen molar-refractivity contribution in [2.75, 3.05) is 0 Å². The molecule has 2 fully saturated rings. The van der Waals surface area contributed by atoms with Crippen LogP contribution in [0.2, 0.25) is 5.02 Å². The van der Waals surface area contributed by atoms with Crippen molar-refractivity contribution in [1.82, 2.24) is 5.43 Å². The van der Waals surface area contributed by atoms with Crippen molar-refractivity contribution >= 4 is 11.6 Å². The van der Waals surface area contributed by atoms with Gasteiger partial charge in [-0.2, -0.15) is 0 Å². The molecule has 0 spiro atoms. The molecule has 2 bridgehead atoms. The van der Waals surface area contributed by atoms with E-state index >= 15 is 0 Å². The Bertz CT molecular complexity index is 412. The smallest absolute Gasteiger partial charge is 0.0627 e. The van der Waals surface area contributed by atoms with Crippen molar-refractivity contribution in [1.29, 1.82) is 0 Å². The van der Waals surface area contributed by atoms with Crippen LogP contribution in [0.25, 0.3) is 0 Å². The molecule has 0 amide bonds. The Morgan fingerprint density at radius 3 is 2.76 bits per heavy atom. The summed E-state index contributed by atoms with van der Waals surface area (Å²) < 4.78 is 5.89. The summed E-state index contributed by atoms with van der Waals surface area (Å²) in [6.45, 7) is 0.